The smallest absolute Gasteiger partial charge is 0.384 e. The maximum atomic E-state index is 13.4. The summed E-state index contributed by atoms with van der Waals surface area (Å²) in [5.74, 6) is -11.9. The van der Waals surface area contributed by atoms with Crippen molar-refractivity contribution in [2.45, 2.75) is 82.4 Å². The summed E-state index contributed by atoms with van der Waals surface area (Å²) < 4.78 is 88.6. The van der Waals surface area contributed by atoms with Crippen LogP contribution in [0.5, 0.6) is 0 Å². The minimum atomic E-state index is -6.42. The Kier molecular flexibility index (Phi) is 6.97. The lowest BCUT2D eigenvalue weighted by atomic mass is 9.87. The first-order valence-electron chi connectivity index (χ1n) is 6.86. The molecule has 1 atom stereocenters. The summed E-state index contributed by atoms with van der Waals surface area (Å²) in [6.45, 7) is 2.28. The molecule has 0 saturated heterocycles. The van der Waals surface area contributed by atoms with Crippen LogP contribution in [0.1, 0.15) is 58.8 Å². The Morgan fingerprint density at radius 3 is 1.57 bits per heavy atom. The van der Waals surface area contributed by atoms with Crippen LogP contribution in [0.3, 0.4) is 0 Å². The fraction of sp³-hybridized carbons (Fsp3) is 1.00. The summed E-state index contributed by atoms with van der Waals surface area (Å²) in [5, 5.41) is 9.41. The molecule has 0 aromatic rings. The molecule has 0 aliphatic rings. The summed E-state index contributed by atoms with van der Waals surface area (Å²) in [4.78, 5) is 0. The van der Waals surface area contributed by atoms with Gasteiger partial charge in [0, 0.05) is 0 Å². The fourth-order valence-electron chi connectivity index (χ4n) is 1.92. The molecule has 8 heteroatoms. The molecule has 0 fully saturated rings. The zero-order valence-corrected chi connectivity index (χ0v) is 12.0. The van der Waals surface area contributed by atoms with Gasteiger partial charge in [0.1, 0.15) is 5.60 Å². The molecular weight excluding hydrogens is 305 g/mol. The number of halogens is 7. The standard InChI is InChI=1S/C13H21F7O/c1-3-4-5-6-7-8-9-10(2,21)11(14,15)12(16,17)13(18,19)20/h21H,3-9H2,1-2H3. The van der Waals surface area contributed by atoms with Crippen molar-refractivity contribution >= 4 is 0 Å². The second-order valence-electron chi connectivity index (χ2n) is 5.44. The van der Waals surface area contributed by atoms with Crippen molar-refractivity contribution in [3.8, 4) is 0 Å². The molecule has 1 unspecified atom stereocenters. The lowest BCUT2D eigenvalue weighted by molar-refractivity contribution is -0.386. The number of hydrogen-bond acceptors (Lipinski definition) is 1. The molecular formula is C13H21F7O. The van der Waals surface area contributed by atoms with Crippen molar-refractivity contribution in [1.82, 2.24) is 0 Å². The Balaban J connectivity index is 4.66. The highest BCUT2D eigenvalue weighted by atomic mass is 19.4. The SMILES string of the molecule is CCCCCCCCC(C)(O)C(F)(F)C(F)(F)C(F)(F)F. The second kappa shape index (κ2) is 7.15. The molecule has 0 aliphatic heterocycles. The van der Waals surface area contributed by atoms with Crippen LogP contribution in [-0.2, 0) is 0 Å². The van der Waals surface area contributed by atoms with E-state index in [9.17, 15) is 35.8 Å². The summed E-state index contributed by atoms with van der Waals surface area (Å²) in [6.07, 6.45) is -3.52. The van der Waals surface area contributed by atoms with Gasteiger partial charge >= 0.3 is 18.0 Å². The average molecular weight is 326 g/mol. The van der Waals surface area contributed by atoms with E-state index in [0.717, 1.165) is 19.3 Å². The molecule has 0 saturated carbocycles. The maximum absolute atomic E-state index is 13.4. The molecule has 0 radical (unpaired) electrons. The average Bonchev–Trinajstić information content (AvgIpc) is 2.31. The highest BCUT2D eigenvalue weighted by molar-refractivity contribution is 5.02. The predicted molar refractivity (Wildman–Crippen MR) is 64.6 cm³/mol. The Hall–Kier alpha value is -0.530. The molecule has 0 amide bonds. The molecule has 0 heterocycles. The van der Waals surface area contributed by atoms with E-state index < -0.39 is 30.0 Å². The van der Waals surface area contributed by atoms with E-state index in [-0.39, 0.29) is 6.42 Å². The molecule has 1 nitrogen and oxygen atoms in total. The van der Waals surface area contributed by atoms with Crippen LogP contribution in [0, 0.1) is 0 Å². The first kappa shape index (κ1) is 20.5. The van der Waals surface area contributed by atoms with E-state index in [2.05, 4.69) is 0 Å². The largest absolute Gasteiger partial charge is 0.459 e. The van der Waals surface area contributed by atoms with Gasteiger partial charge in [-0.3, -0.25) is 0 Å². The number of hydrogen-bond donors (Lipinski definition) is 1. The van der Waals surface area contributed by atoms with Gasteiger partial charge < -0.3 is 5.11 Å². The fourth-order valence-corrected chi connectivity index (χ4v) is 1.92. The Morgan fingerprint density at radius 1 is 0.714 bits per heavy atom. The van der Waals surface area contributed by atoms with Crippen LogP contribution < -0.4 is 0 Å². The molecule has 0 bridgehead atoms. The Morgan fingerprint density at radius 2 is 1.14 bits per heavy atom. The van der Waals surface area contributed by atoms with Gasteiger partial charge in [0.2, 0.25) is 0 Å². The maximum Gasteiger partial charge on any atom is 0.459 e. The van der Waals surface area contributed by atoms with Gasteiger partial charge in [-0.15, -0.1) is 0 Å². The molecule has 0 aromatic heterocycles. The molecule has 21 heavy (non-hydrogen) atoms. The highest BCUT2D eigenvalue weighted by Crippen LogP contribution is 2.52. The van der Waals surface area contributed by atoms with Crippen LogP contribution in [0.25, 0.3) is 0 Å². The van der Waals surface area contributed by atoms with Crippen LogP contribution in [0.15, 0.2) is 0 Å². The lowest BCUT2D eigenvalue weighted by Crippen LogP contribution is -2.62. The van der Waals surface area contributed by atoms with E-state index in [1.807, 2.05) is 6.92 Å². The topological polar surface area (TPSA) is 20.2 Å². The van der Waals surface area contributed by atoms with Crippen molar-refractivity contribution in [2.24, 2.45) is 0 Å². The number of alkyl halides is 7. The van der Waals surface area contributed by atoms with Gasteiger partial charge in [-0.25, -0.2) is 0 Å². The number of aliphatic hydroxyl groups is 1. The van der Waals surface area contributed by atoms with E-state index in [1.54, 1.807) is 0 Å². The van der Waals surface area contributed by atoms with Crippen molar-refractivity contribution in [2.75, 3.05) is 0 Å². The van der Waals surface area contributed by atoms with Gasteiger partial charge in [0.15, 0.2) is 0 Å². The molecule has 0 rings (SSSR count). The zero-order valence-electron chi connectivity index (χ0n) is 12.0. The van der Waals surface area contributed by atoms with Crippen LogP contribution in [0.4, 0.5) is 30.7 Å². The third-order valence-corrected chi connectivity index (χ3v) is 3.44. The van der Waals surface area contributed by atoms with Crippen molar-refractivity contribution in [3.63, 3.8) is 0 Å². The van der Waals surface area contributed by atoms with Crippen LogP contribution in [0.2, 0.25) is 0 Å². The van der Waals surface area contributed by atoms with E-state index in [0.29, 0.717) is 19.8 Å². The molecule has 0 spiro atoms. The molecule has 0 aliphatic carbocycles. The summed E-state index contributed by atoms with van der Waals surface area (Å²) in [5.41, 5.74) is -3.42. The van der Waals surface area contributed by atoms with Gasteiger partial charge in [0.05, 0.1) is 0 Å². The van der Waals surface area contributed by atoms with Crippen LogP contribution >= 0.6 is 0 Å². The van der Waals surface area contributed by atoms with Crippen molar-refractivity contribution < 1.29 is 35.8 Å². The Labute approximate surface area is 119 Å². The second-order valence-corrected chi connectivity index (χ2v) is 5.44. The van der Waals surface area contributed by atoms with Gasteiger partial charge in [-0.1, -0.05) is 45.4 Å². The van der Waals surface area contributed by atoms with Crippen molar-refractivity contribution in [3.05, 3.63) is 0 Å². The molecule has 1 N–H and O–H groups in total. The minimum absolute atomic E-state index is 0.0414. The molecule has 128 valence electrons. The quantitative estimate of drug-likeness (QED) is 0.449. The first-order valence-corrected chi connectivity index (χ1v) is 6.86. The number of unbranched alkanes of at least 4 members (excludes halogenated alkanes) is 5. The lowest BCUT2D eigenvalue weighted by Gasteiger charge is -2.38. The van der Waals surface area contributed by atoms with E-state index >= 15 is 0 Å². The Bertz CT molecular complexity index is 310. The van der Waals surface area contributed by atoms with E-state index in [1.165, 1.54) is 0 Å². The highest BCUT2D eigenvalue weighted by Gasteiger charge is 2.78. The van der Waals surface area contributed by atoms with Gasteiger partial charge in [-0.2, -0.15) is 30.7 Å². The summed E-state index contributed by atoms with van der Waals surface area (Å²) in [6, 6.07) is 0. The zero-order chi connectivity index (χ0) is 16.9. The molecule has 0 aromatic carbocycles. The summed E-state index contributed by atoms with van der Waals surface area (Å²) >= 11 is 0. The van der Waals surface area contributed by atoms with Gasteiger partial charge in [0.25, 0.3) is 0 Å². The van der Waals surface area contributed by atoms with Crippen molar-refractivity contribution in [1.29, 1.82) is 0 Å². The number of rotatable bonds is 9. The third kappa shape index (κ3) is 4.72. The predicted octanol–water partition coefficient (Wildman–Crippen LogP) is 5.32. The van der Waals surface area contributed by atoms with E-state index in [4.69, 9.17) is 0 Å². The third-order valence-electron chi connectivity index (χ3n) is 3.44. The monoisotopic (exact) mass is 326 g/mol. The normalized spacial score (nSPS) is 16.9. The minimum Gasteiger partial charge on any atom is -0.384 e. The first-order chi connectivity index (χ1) is 9.31. The van der Waals surface area contributed by atoms with Gasteiger partial charge in [-0.05, 0) is 13.3 Å². The summed E-state index contributed by atoms with van der Waals surface area (Å²) in [7, 11) is 0. The van der Waals surface area contributed by atoms with Crippen LogP contribution in [-0.4, -0.2) is 28.7 Å².